The van der Waals surface area contributed by atoms with Crippen LogP contribution in [0.25, 0.3) is 0 Å². The SMILES string of the molecule is NCC1(C(=O)N2CCN(C(=O)CN3CCOCC3)CC2)CCOCC1. The van der Waals surface area contributed by atoms with Gasteiger partial charge in [0, 0.05) is 59.0 Å². The Morgan fingerprint density at radius 2 is 1.40 bits per heavy atom. The van der Waals surface area contributed by atoms with Crippen molar-refractivity contribution in [2.75, 3.05) is 78.8 Å². The molecule has 0 aromatic rings. The van der Waals surface area contributed by atoms with E-state index in [1.807, 2.05) is 9.80 Å². The molecule has 142 valence electrons. The molecule has 3 rings (SSSR count). The predicted molar refractivity (Wildman–Crippen MR) is 92.0 cm³/mol. The lowest BCUT2D eigenvalue weighted by atomic mass is 9.78. The molecule has 3 aliphatic rings. The lowest BCUT2D eigenvalue weighted by Crippen LogP contribution is -2.58. The van der Waals surface area contributed by atoms with Gasteiger partial charge in [0.15, 0.2) is 0 Å². The Kier molecular flexibility index (Phi) is 6.27. The van der Waals surface area contributed by atoms with Crippen LogP contribution in [0.4, 0.5) is 0 Å². The molecule has 0 atom stereocenters. The van der Waals surface area contributed by atoms with Crippen LogP contribution in [-0.4, -0.2) is 105 Å². The monoisotopic (exact) mass is 354 g/mol. The van der Waals surface area contributed by atoms with Crippen LogP contribution in [0.5, 0.6) is 0 Å². The number of nitrogens with two attached hydrogens (primary N) is 1. The van der Waals surface area contributed by atoms with E-state index in [2.05, 4.69) is 4.90 Å². The van der Waals surface area contributed by atoms with Crippen molar-refractivity contribution in [1.82, 2.24) is 14.7 Å². The van der Waals surface area contributed by atoms with Gasteiger partial charge in [0.25, 0.3) is 0 Å². The number of amides is 2. The fraction of sp³-hybridized carbons (Fsp3) is 0.882. The number of carbonyl (C=O) groups excluding carboxylic acids is 2. The van der Waals surface area contributed by atoms with Crippen LogP contribution in [0.15, 0.2) is 0 Å². The van der Waals surface area contributed by atoms with E-state index >= 15 is 0 Å². The molecule has 0 aromatic carbocycles. The summed E-state index contributed by atoms with van der Waals surface area (Å²) in [4.78, 5) is 31.3. The Morgan fingerprint density at radius 3 is 2.00 bits per heavy atom. The normalized spacial score (nSPS) is 25.0. The van der Waals surface area contributed by atoms with Crippen molar-refractivity contribution in [1.29, 1.82) is 0 Å². The standard InChI is InChI=1S/C17H30N4O4/c18-14-17(1-9-24-10-2-17)16(23)21-5-3-20(4-6-21)15(22)13-19-7-11-25-12-8-19/h1-14,18H2. The minimum absolute atomic E-state index is 0.138. The molecule has 0 aromatic heterocycles. The second-order valence-corrected chi connectivity index (χ2v) is 7.16. The van der Waals surface area contributed by atoms with E-state index < -0.39 is 5.41 Å². The van der Waals surface area contributed by atoms with Crippen molar-refractivity contribution in [3.05, 3.63) is 0 Å². The van der Waals surface area contributed by atoms with E-state index in [4.69, 9.17) is 15.2 Å². The van der Waals surface area contributed by atoms with Crippen LogP contribution in [-0.2, 0) is 19.1 Å². The van der Waals surface area contributed by atoms with E-state index in [-0.39, 0.29) is 11.8 Å². The number of nitrogens with zero attached hydrogens (tertiary/aromatic N) is 3. The van der Waals surface area contributed by atoms with Crippen molar-refractivity contribution in [3.63, 3.8) is 0 Å². The molecule has 2 amide bonds. The Bertz CT molecular complexity index is 467. The maximum atomic E-state index is 13.0. The van der Waals surface area contributed by atoms with Crippen molar-refractivity contribution < 1.29 is 19.1 Å². The number of carbonyl (C=O) groups is 2. The minimum Gasteiger partial charge on any atom is -0.381 e. The van der Waals surface area contributed by atoms with Gasteiger partial charge >= 0.3 is 0 Å². The van der Waals surface area contributed by atoms with Gasteiger partial charge in [-0.15, -0.1) is 0 Å². The maximum Gasteiger partial charge on any atom is 0.236 e. The zero-order valence-electron chi connectivity index (χ0n) is 15.0. The predicted octanol–water partition coefficient (Wildman–Crippen LogP) is -1.26. The van der Waals surface area contributed by atoms with Gasteiger partial charge in [0.05, 0.1) is 25.2 Å². The van der Waals surface area contributed by atoms with Gasteiger partial charge in [-0.3, -0.25) is 14.5 Å². The first-order chi connectivity index (χ1) is 12.1. The summed E-state index contributed by atoms with van der Waals surface area (Å²) in [5, 5.41) is 0. The summed E-state index contributed by atoms with van der Waals surface area (Å²) in [5.74, 6) is 0.284. The van der Waals surface area contributed by atoms with Crippen LogP contribution in [0, 0.1) is 5.41 Å². The van der Waals surface area contributed by atoms with Crippen LogP contribution in [0.3, 0.4) is 0 Å². The highest BCUT2D eigenvalue weighted by Gasteiger charge is 2.42. The lowest BCUT2D eigenvalue weighted by Gasteiger charge is -2.42. The molecule has 0 saturated carbocycles. The Balaban J connectivity index is 1.49. The molecule has 0 unspecified atom stereocenters. The number of morpholine rings is 1. The molecule has 0 radical (unpaired) electrons. The van der Waals surface area contributed by atoms with Crippen LogP contribution >= 0.6 is 0 Å². The molecule has 3 heterocycles. The smallest absolute Gasteiger partial charge is 0.236 e. The summed E-state index contributed by atoms with van der Waals surface area (Å²) in [7, 11) is 0. The average molecular weight is 354 g/mol. The second-order valence-electron chi connectivity index (χ2n) is 7.16. The highest BCUT2D eigenvalue weighted by atomic mass is 16.5. The fourth-order valence-electron chi connectivity index (χ4n) is 3.81. The quantitative estimate of drug-likeness (QED) is 0.678. The number of hydrogen-bond donors (Lipinski definition) is 1. The van der Waals surface area contributed by atoms with E-state index in [1.54, 1.807) is 0 Å². The van der Waals surface area contributed by atoms with Crippen molar-refractivity contribution in [2.24, 2.45) is 11.1 Å². The van der Waals surface area contributed by atoms with Gasteiger partial charge in [0.2, 0.25) is 11.8 Å². The topological polar surface area (TPSA) is 88.3 Å². The second kappa shape index (κ2) is 8.44. The number of rotatable bonds is 4. The maximum absolute atomic E-state index is 13.0. The van der Waals surface area contributed by atoms with Crippen molar-refractivity contribution in [2.45, 2.75) is 12.8 Å². The first kappa shape index (κ1) is 18.6. The van der Waals surface area contributed by atoms with Crippen LogP contribution in [0.1, 0.15) is 12.8 Å². The Morgan fingerprint density at radius 1 is 0.840 bits per heavy atom. The molecule has 8 nitrogen and oxygen atoms in total. The first-order valence-electron chi connectivity index (χ1n) is 9.30. The Hall–Kier alpha value is -1.22. The van der Waals surface area contributed by atoms with Gasteiger partial charge in [-0.05, 0) is 12.8 Å². The van der Waals surface area contributed by atoms with Gasteiger partial charge in [-0.2, -0.15) is 0 Å². The molecule has 3 aliphatic heterocycles. The molecule has 8 heteroatoms. The molecule has 0 spiro atoms. The van der Waals surface area contributed by atoms with E-state index in [9.17, 15) is 9.59 Å². The molecule has 2 N–H and O–H groups in total. The van der Waals surface area contributed by atoms with E-state index in [0.717, 1.165) is 13.1 Å². The zero-order valence-corrected chi connectivity index (χ0v) is 15.0. The van der Waals surface area contributed by atoms with Gasteiger partial charge in [-0.25, -0.2) is 0 Å². The van der Waals surface area contributed by atoms with E-state index in [0.29, 0.717) is 78.5 Å². The molecular formula is C17H30N4O4. The fourth-order valence-corrected chi connectivity index (χ4v) is 3.81. The first-order valence-corrected chi connectivity index (χ1v) is 9.30. The lowest BCUT2D eigenvalue weighted by molar-refractivity contribution is -0.151. The minimum atomic E-state index is -0.474. The van der Waals surface area contributed by atoms with Crippen LogP contribution < -0.4 is 5.73 Å². The van der Waals surface area contributed by atoms with Gasteiger partial charge in [-0.1, -0.05) is 0 Å². The van der Waals surface area contributed by atoms with Crippen molar-refractivity contribution >= 4 is 11.8 Å². The number of ether oxygens (including phenoxy) is 2. The Labute approximate surface area is 149 Å². The van der Waals surface area contributed by atoms with Crippen molar-refractivity contribution in [3.8, 4) is 0 Å². The summed E-state index contributed by atoms with van der Waals surface area (Å²) in [6.07, 6.45) is 1.39. The molecular weight excluding hydrogens is 324 g/mol. The molecule has 3 saturated heterocycles. The number of piperazine rings is 1. The highest BCUT2D eigenvalue weighted by molar-refractivity contribution is 5.84. The molecule has 0 bridgehead atoms. The molecule has 0 aliphatic carbocycles. The summed E-state index contributed by atoms with van der Waals surface area (Å²) in [5.41, 5.74) is 5.47. The summed E-state index contributed by atoms with van der Waals surface area (Å²) < 4.78 is 10.7. The molecule has 3 fully saturated rings. The summed E-state index contributed by atoms with van der Waals surface area (Å²) in [6.45, 7) is 7.41. The largest absolute Gasteiger partial charge is 0.381 e. The van der Waals surface area contributed by atoms with Crippen LogP contribution in [0.2, 0.25) is 0 Å². The third kappa shape index (κ3) is 4.31. The number of hydrogen-bond acceptors (Lipinski definition) is 6. The van der Waals surface area contributed by atoms with E-state index in [1.165, 1.54) is 0 Å². The molecule has 25 heavy (non-hydrogen) atoms. The third-order valence-electron chi connectivity index (χ3n) is 5.68. The summed E-state index contributed by atoms with van der Waals surface area (Å²) in [6, 6.07) is 0. The van der Waals surface area contributed by atoms with Gasteiger partial charge < -0.3 is 25.0 Å². The highest BCUT2D eigenvalue weighted by Crippen LogP contribution is 2.32. The van der Waals surface area contributed by atoms with Gasteiger partial charge in [0.1, 0.15) is 0 Å². The average Bonchev–Trinajstić information content (AvgIpc) is 2.69. The third-order valence-corrected chi connectivity index (χ3v) is 5.68. The summed E-state index contributed by atoms with van der Waals surface area (Å²) >= 11 is 0. The zero-order chi connectivity index (χ0) is 17.7.